The van der Waals surface area contributed by atoms with E-state index < -0.39 is 0 Å². The van der Waals surface area contributed by atoms with Crippen LogP contribution in [-0.4, -0.2) is 37.8 Å². The van der Waals surface area contributed by atoms with Crippen molar-refractivity contribution in [3.05, 3.63) is 0 Å². The lowest BCUT2D eigenvalue weighted by atomic mass is 10.0. The smallest absolute Gasteiger partial charge is 0.0474 e. The maximum atomic E-state index is 5.01. The molecule has 0 unspecified atom stereocenters. The number of thioether (sulfide) groups is 1. The molecule has 3 heteroatoms. The highest BCUT2D eigenvalue weighted by Gasteiger charge is 2.23. The van der Waals surface area contributed by atoms with Crippen LogP contribution in [0.4, 0.5) is 0 Å². The standard InChI is InChI=1S/C11H25NOS/c1-5-11(6-2,14-4)10-12-8-7-9-13-3/h12H,5-10H2,1-4H3. The van der Waals surface area contributed by atoms with Crippen molar-refractivity contribution in [3.8, 4) is 0 Å². The van der Waals surface area contributed by atoms with Gasteiger partial charge in [0.1, 0.15) is 0 Å². The van der Waals surface area contributed by atoms with Gasteiger partial charge in [-0.3, -0.25) is 0 Å². The Morgan fingerprint density at radius 1 is 1.29 bits per heavy atom. The summed E-state index contributed by atoms with van der Waals surface area (Å²) in [6.07, 6.45) is 5.79. The highest BCUT2D eigenvalue weighted by Crippen LogP contribution is 2.29. The van der Waals surface area contributed by atoms with Crippen molar-refractivity contribution in [1.29, 1.82) is 0 Å². The van der Waals surface area contributed by atoms with Gasteiger partial charge in [0, 0.05) is 25.0 Å². The minimum atomic E-state index is 0.438. The van der Waals surface area contributed by atoms with E-state index in [1.807, 2.05) is 11.8 Å². The number of nitrogens with one attached hydrogen (secondary N) is 1. The molecule has 0 aromatic heterocycles. The van der Waals surface area contributed by atoms with E-state index in [0.29, 0.717) is 4.75 Å². The van der Waals surface area contributed by atoms with E-state index in [1.54, 1.807) is 7.11 Å². The number of methoxy groups -OCH3 is 1. The average Bonchev–Trinajstić information content (AvgIpc) is 2.24. The molecule has 2 nitrogen and oxygen atoms in total. The molecular weight excluding hydrogens is 194 g/mol. The van der Waals surface area contributed by atoms with E-state index in [1.165, 1.54) is 12.8 Å². The van der Waals surface area contributed by atoms with Crippen LogP contribution in [0, 0.1) is 0 Å². The maximum absolute atomic E-state index is 5.01. The van der Waals surface area contributed by atoms with Gasteiger partial charge >= 0.3 is 0 Å². The van der Waals surface area contributed by atoms with Gasteiger partial charge in [-0.25, -0.2) is 0 Å². The summed E-state index contributed by atoms with van der Waals surface area (Å²) in [6, 6.07) is 0. The first-order chi connectivity index (χ1) is 6.74. The van der Waals surface area contributed by atoms with Gasteiger partial charge in [0.15, 0.2) is 0 Å². The minimum absolute atomic E-state index is 0.438. The van der Waals surface area contributed by atoms with Gasteiger partial charge in [0.2, 0.25) is 0 Å². The molecule has 0 aromatic carbocycles. The van der Waals surface area contributed by atoms with Crippen LogP contribution >= 0.6 is 11.8 Å². The summed E-state index contributed by atoms with van der Waals surface area (Å²) in [7, 11) is 1.75. The molecular formula is C11H25NOS. The fourth-order valence-electron chi connectivity index (χ4n) is 1.52. The second-order valence-corrected chi connectivity index (χ2v) is 4.89. The van der Waals surface area contributed by atoms with Gasteiger partial charge in [0.25, 0.3) is 0 Å². The van der Waals surface area contributed by atoms with Gasteiger partial charge in [-0.05, 0) is 32.1 Å². The van der Waals surface area contributed by atoms with E-state index in [2.05, 4.69) is 25.4 Å². The van der Waals surface area contributed by atoms with E-state index in [-0.39, 0.29) is 0 Å². The lowest BCUT2D eigenvalue weighted by molar-refractivity contribution is 0.194. The molecule has 0 bridgehead atoms. The third kappa shape index (κ3) is 5.23. The second kappa shape index (κ2) is 8.57. The van der Waals surface area contributed by atoms with Crippen LogP contribution in [0.25, 0.3) is 0 Å². The molecule has 0 radical (unpaired) electrons. The minimum Gasteiger partial charge on any atom is -0.385 e. The first-order valence-electron chi connectivity index (χ1n) is 5.49. The Hall–Kier alpha value is 0.270. The lowest BCUT2D eigenvalue weighted by Gasteiger charge is -2.30. The summed E-state index contributed by atoms with van der Waals surface area (Å²) in [5.41, 5.74) is 0. The van der Waals surface area contributed by atoms with Crippen LogP contribution in [-0.2, 0) is 4.74 Å². The van der Waals surface area contributed by atoms with E-state index in [9.17, 15) is 0 Å². The summed E-state index contributed by atoms with van der Waals surface area (Å²) < 4.78 is 5.45. The van der Waals surface area contributed by atoms with Gasteiger partial charge in [0.05, 0.1) is 0 Å². The summed E-state index contributed by atoms with van der Waals surface area (Å²) >= 11 is 1.99. The Balaban J connectivity index is 3.61. The molecule has 14 heavy (non-hydrogen) atoms. The molecule has 0 amide bonds. The molecule has 0 aromatic rings. The first kappa shape index (κ1) is 14.3. The van der Waals surface area contributed by atoms with Crippen LogP contribution in [0.1, 0.15) is 33.1 Å². The predicted octanol–water partition coefficient (Wildman–Crippen LogP) is 2.53. The molecule has 0 saturated heterocycles. The Morgan fingerprint density at radius 2 is 1.93 bits per heavy atom. The number of hydrogen-bond acceptors (Lipinski definition) is 3. The van der Waals surface area contributed by atoms with Crippen molar-refractivity contribution in [2.24, 2.45) is 0 Å². The topological polar surface area (TPSA) is 21.3 Å². The number of hydrogen-bond donors (Lipinski definition) is 1. The van der Waals surface area contributed by atoms with Crippen molar-refractivity contribution >= 4 is 11.8 Å². The summed E-state index contributed by atoms with van der Waals surface area (Å²) in [5, 5.41) is 3.51. The van der Waals surface area contributed by atoms with Crippen LogP contribution in [0.2, 0.25) is 0 Å². The maximum Gasteiger partial charge on any atom is 0.0474 e. The Morgan fingerprint density at radius 3 is 2.36 bits per heavy atom. The van der Waals surface area contributed by atoms with Gasteiger partial charge in [-0.2, -0.15) is 11.8 Å². The molecule has 0 spiro atoms. The summed E-state index contributed by atoms with van der Waals surface area (Å²) in [5.74, 6) is 0. The zero-order valence-corrected chi connectivity index (χ0v) is 10.9. The van der Waals surface area contributed by atoms with Gasteiger partial charge < -0.3 is 10.1 Å². The highest BCUT2D eigenvalue weighted by molar-refractivity contribution is 8.00. The van der Waals surface area contributed by atoms with Gasteiger partial charge in [-0.1, -0.05) is 13.8 Å². The lowest BCUT2D eigenvalue weighted by Crippen LogP contribution is -2.37. The SMILES string of the molecule is CCC(CC)(CNCCCOC)SC. The Kier molecular flexibility index (Phi) is 8.73. The van der Waals surface area contributed by atoms with E-state index in [4.69, 9.17) is 4.74 Å². The predicted molar refractivity (Wildman–Crippen MR) is 66.2 cm³/mol. The highest BCUT2D eigenvalue weighted by atomic mass is 32.2. The van der Waals surface area contributed by atoms with Crippen LogP contribution in [0.5, 0.6) is 0 Å². The third-order valence-electron chi connectivity index (χ3n) is 2.87. The molecule has 0 aliphatic carbocycles. The first-order valence-corrected chi connectivity index (χ1v) is 6.72. The molecule has 0 aliphatic heterocycles. The van der Waals surface area contributed by atoms with E-state index >= 15 is 0 Å². The van der Waals surface area contributed by atoms with Gasteiger partial charge in [-0.15, -0.1) is 0 Å². The summed E-state index contributed by atoms with van der Waals surface area (Å²) in [6.45, 7) is 7.59. The molecule has 0 aliphatic rings. The Bertz CT molecular complexity index is 118. The molecule has 0 saturated carbocycles. The molecule has 0 rings (SSSR count). The normalized spacial score (nSPS) is 12.0. The monoisotopic (exact) mass is 219 g/mol. The summed E-state index contributed by atoms with van der Waals surface area (Å²) in [4.78, 5) is 0. The quantitative estimate of drug-likeness (QED) is 0.602. The van der Waals surface area contributed by atoms with Crippen molar-refractivity contribution in [3.63, 3.8) is 0 Å². The molecule has 0 atom stereocenters. The average molecular weight is 219 g/mol. The molecule has 86 valence electrons. The van der Waals surface area contributed by atoms with Crippen molar-refractivity contribution in [1.82, 2.24) is 5.32 Å². The molecule has 0 fully saturated rings. The molecule has 0 heterocycles. The molecule has 1 N–H and O–H groups in total. The van der Waals surface area contributed by atoms with Crippen molar-refractivity contribution in [2.75, 3.05) is 33.1 Å². The zero-order chi connectivity index (χ0) is 10.9. The van der Waals surface area contributed by atoms with Crippen LogP contribution in [0.15, 0.2) is 0 Å². The van der Waals surface area contributed by atoms with Crippen molar-refractivity contribution in [2.45, 2.75) is 37.9 Å². The van der Waals surface area contributed by atoms with Crippen LogP contribution < -0.4 is 5.32 Å². The van der Waals surface area contributed by atoms with E-state index in [0.717, 1.165) is 26.1 Å². The fraction of sp³-hybridized carbons (Fsp3) is 1.00. The number of ether oxygens (including phenoxy) is 1. The Labute approximate surface area is 93.2 Å². The zero-order valence-electron chi connectivity index (χ0n) is 10.1. The van der Waals surface area contributed by atoms with Crippen LogP contribution in [0.3, 0.4) is 0 Å². The number of rotatable bonds is 9. The second-order valence-electron chi connectivity index (χ2n) is 3.62. The fourth-order valence-corrected chi connectivity index (χ4v) is 2.34. The third-order valence-corrected chi connectivity index (χ3v) is 4.46. The largest absolute Gasteiger partial charge is 0.385 e. The van der Waals surface area contributed by atoms with Crippen molar-refractivity contribution < 1.29 is 4.74 Å².